The molecule has 20 heavy (non-hydrogen) atoms. The van der Waals surface area contributed by atoms with Gasteiger partial charge in [-0.3, -0.25) is 0 Å². The highest BCUT2D eigenvalue weighted by Gasteiger charge is 2.12. The zero-order valence-electron chi connectivity index (χ0n) is 12.4. The molecule has 106 valence electrons. The number of aryl methyl sites for hydroxylation is 2. The van der Waals surface area contributed by atoms with Crippen molar-refractivity contribution < 1.29 is 4.39 Å². The third-order valence-corrected chi connectivity index (χ3v) is 3.43. The molecular weight excluding hydrogens is 253 g/mol. The maximum atomic E-state index is 13.4. The Bertz CT molecular complexity index is 611. The molecule has 1 atom stereocenters. The van der Waals surface area contributed by atoms with E-state index in [2.05, 4.69) is 29.1 Å². The molecule has 1 heterocycles. The molecular formula is C16H20FN3. The lowest BCUT2D eigenvalue weighted by atomic mass is 10.1. The highest BCUT2D eigenvalue weighted by Crippen LogP contribution is 2.23. The van der Waals surface area contributed by atoms with Gasteiger partial charge in [-0.05, 0) is 45.0 Å². The van der Waals surface area contributed by atoms with E-state index in [0.717, 1.165) is 28.9 Å². The van der Waals surface area contributed by atoms with Gasteiger partial charge >= 0.3 is 0 Å². The van der Waals surface area contributed by atoms with Crippen molar-refractivity contribution in [2.24, 2.45) is 0 Å². The predicted molar refractivity (Wildman–Crippen MR) is 79.0 cm³/mol. The number of halogens is 1. The number of hydrogen-bond acceptors (Lipinski definition) is 3. The Morgan fingerprint density at radius 2 is 2.05 bits per heavy atom. The lowest BCUT2D eigenvalue weighted by Crippen LogP contribution is -2.19. The Hall–Kier alpha value is -1.81. The van der Waals surface area contributed by atoms with Crippen molar-refractivity contribution in [3.05, 3.63) is 47.0 Å². The fraction of sp³-hybridized carbons (Fsp3) is 0.375. The largest absolute Gasteiger partial charge is 0.310 e. The molecule has 0 bridgehead atoms. The van der Waals surface area contributed by atoms with E-state index in [9.17, 15) is 4.39 Å². The predicted octanol–water partition coefficient (Wildman–Crippen LogP) is 3.57. The van der Waals surface area contributed by atoms with Crippen LogP contribution in [0.3, 0.4) is 0 Å². The van der Waals surface area contributed by atoms with Gasteiger partial charge in [-0.15, -0.1) is 0 Å². The van der Waals surface area contributed by atoms with Crippen LogP contribution in [0, 0.1) is 19.7 Å². The summed E-state index contributed by atoms with van der Waals surface area (Å²) in [6.07, 6.45) is 1.83. The highest BCUT2D eigenvalue weighted by molar-refractivity contribution is 5.60. The van der Waals surface area contributed by atoms with E-state index < -0.39 is 0 Å². The maximum absolute atomic E-state index is 13.4. The average Bonchev–Trinajstić information content (AvgIpc) is 2.41. The summed E-state index contributed by atoms with van der Waals surface area (Å²) in [5.74, 6) is 0.309. The van der Waals surface area contributed by atoms with Crippen molar-refractivity contribution in [1.29, 1.82) is 0 Å². The van der Waals surface area contributed by atoms with Gasteiger partial charge in [-0.2, -0.15) is 0 Å². The SMILES string of the molecule is CCNC(C)c1cnc(-c2cc(F)ccc2C)nc1C. The van der Waals surface area contributed by atoms with Crippen LogP contribution in [-0.4, -0.2) is 16.5 Å². The Balaban J connectivity index is 2.40. The summed E-state index contributed by atoms with van der Waals surface area (Å²) in [5, 5.41) is 3.34. The van der Waals surface area contributed by atoms with Crippen LogP contribution in [-0.2, 0) is 0 Å². The van der Waals surface area contributed by atoms with Crippen LogP contribution in [0.1, 0.15) is 36.7 Å². The third kappa shape index (κ3) is 3.02. The summed E-state index contributed by atoms with van der Waals surface area (Å²) in [4.78, 5) is 8.93. The lowest BCUT2D eigenvalue weighted by molar-refractivity contribution is 0.590. The summed E-state index contributed by atoms with van der Waals surface area (Å²) in [5.41, 5.74) is 3.71. The first kappa shape index (κ1) is 14.6. The topological polar surface area (TPSA) is 37.8 Å². The van der Waals surface area contributed by atoms with Gasteiger partial charge in [0.15, 0.2) is 5.82 Å². The molecule has 0 saturated carbocycles. The van der Waals surface area contributed by atoms with Crippen LogP contribution in [0.2, 0.25) is 0 Å². The second kappa shape index (κ2) is 6.09. The minimum Gasteiger partial charge on any atom is -0.310 e. The monoisotopic (exact) mass is 273 g/mol. The van der Waals surface area contributed by atoms with Crippen LogP contribution in [0.25, 0.3) is 11.4 Å². The molecule has 2 aromatic rings. The van der Waals surface area contributed by atoms with Gasteiger partial charge in [0.05, 0.1) is 0 Å². The van der Waals surface area contributed by atoms with E-state index in [0.29, 0.717) is 5.82 Å². The molecule has 0 aliphatic carbocycles. The standard InChI is InChI=1S/C16H20FN3/c1-5-18-11(3)15-9-19-16(20-12(15)4)14-8-13(17)7-6-10(14)2/h6-9,11,18H,5H2,1-4H3. The molecule has 1 aromatic carbocycles. The van der Waals surface area contributed by atoms with Crippen LogP contribution in [0.5, 0.6) is 0 Å². The molecule has 0 radical (unpaired) electrons. The van der Waals surface area contributed by atoms with Crippen molar-refractivity contribution >= 4 is 0 Å². The first-order chi connectivity index (χ1) is 9.52. The lowest BCUT2D eigenvalue weighted by Gasteiger charge is -2.15. The van der Waals surface area contributed by atoms with Crippen LogP contribution >= 0.6 is 0 Å². The Kier molecular flexibility index (Phi) is 4.45. The molecule has 1 aromatic heterocycles. The zero-order chi connectivity index (χ0) is 14.7. The zero-order valence-corrected chi connectivity index (χ0v) is 12.4. The summed E-state index contributed by atoms with van der Waals surface area (Å²) < 4.78 is 13.4. The first-order valence-corrected chi connectivity index (χ1v) is 6.86. The van der Waals surface area contributed by atoms with E-state index >= 15 is 0 Å². The molecule has 0 amide bonds. The van der Waals surface area contributed by atoms with Gasteiger partial charge in [0.1, 0.15) is 5.82 Å². The molecule has 0 aliphatic heterocycles. The third-order valence-electron chi connectivity index (χ3n) is 3.43. The van der Waals surface area contributed by atoms with E-state index in [1.54, 1.807) is 6.07 Å². The van der Waals surface area contributed by atoms with Crippen LogP contribution < -0.4 is 5.32 Å². The number of nitrogens with one attached hydrogen (secondary N) is 1. The number of benzene rings is 1. The second-order valence-corrected chi connectivity index (χ2v) is 4.97. The van der Waals surface area contributed by atoms with Crippen molar-refractivity contribution in [1.82, 2.24) is 15.3 Å². The van der Waals surface area contributed by atoms with E-state index in [-0.39, 0.29) is 11.9 Å². The number of aromatic nitrogens is 2. The summed E-state index contributed by atoms with van der Waals surface area (Å²) in [6.45, 7) is 8.94. The molecule has 0 aliphatic rings. The quantitative estimate of drug-likeness (QED) is 0.925. The smallest absolute Gasteiger partial charge is 0.159 e. The maximum Gasteiger partial charge on any atom is 0.159 e. The van der Waals surface area contributed by atoms with Gasteiger partial charge in [0.2, 0.25) is 0 Å². The highest BCUT2D eigenvalue weighted by atomic mass is 19.1. The molecule has 2 rings (SSSR count). The van der Waals surface area contributed by atoms with E-state index in [1.165, 1.54) is 12.1 Å². The van der Waals surface area contributed by atoms with Gasteiger partial charge in [0, 0.05) is 29.1 Å². The minimum absolute atomic E-state index is 0.211. The Morgan fingerprint density at radius 3 is 2.70 bits per heavy atom. The first-order valence-electron chi connectivity index (χ1n) is 6.86. The summed E-state index contributed by atoms with van der Waals surface area (Å²) >= 11 is 0. The normalized spacial score (nSPS) is 12.4. The van der Waals surface area contributed by atoms with Gasteiger partial charge in [0.25, 0.3) is 0 Å². The molecule has 1 unspecified atom stereocenters. The summed E-state index contributed by atoms with van der Waals surface area (Å²) in [6, 6.07) is 4.89. The van der Waals surface area contributed by atoms with Gasteiger partial charge < -0.3 is 5.32 Å². The molecule has 0 spiro atoms. The number of nitrogens with zero attached hydrogens (tertiary/aromatic N) is 2. The molecule has 3 nitrogen and oxygen atoms in total. The average molecular weight is 273 g/mol. The molecule has 0 saturated heterocycles. The molecule has 1 N–H and O–H groups in total. The van der Waals surface area contributed by atoms with Gasteiger partial charge in [-0.1, -0.05) is 13.0 Å². The van der Waals surface area contributed by atoms with Crippen molar-refractivity contribution in [3.8, 4) is 11.4 Å². The molecule has 0 fully saturated rings. The number of rotatable bonds is 4. The van der Waals surface area contributed by atoms with Crippen molar-refractivity contribution in [2.75, 3.05) is 6.54 Å². The van der Waals surface area contributed by atoms with E-state index in [1.807, 2.05) is 20.0 Å². The number of hydrogen-bond donors (Lipinski definition) is 1. The van der Waals surface area contributed by atoms with Gasteiger partial charge in [-0.25, -0.2) is 14.4 Å². The summed E-state index contributed by atoms with van der Waals surface area (Å²) in [7, 11) is 0. The van der Waals surface area contributed by atoms with Crippen LogP contribution in [0.15, 0.2) is 24.4 Å². The second-order valence-electron chi connectivity index (χ2n) is 4.97. The molecule has 4 heteroatoms. The van der Waals surface area contributed by atoms with E-state index in [4.69, 9.17) is 0 Å². The Morgan fingerprint density at radius 1 is 1.30 bits per heavy atom. The fourth-order valence-electron chi connectivity index (χ4n) is 2.28. The minimum atomic E-state index is -0.267. The Labute approximate surface area is 119 Å². The van der Waals surface area contributed by atoms with Crippen molar-refractivity contribution in [2.45, 2.75) is 33.7 Å². The van der Waals surface area contributed by atoms with Crippen LogP contribution in [0.4, 0.5) is 4.39 Å². The fourth-order valence-corrected chi connectivity index (χ4v) is 2.28. The van der Waals surface area contributed by atoms with Crippen molar-refractivity contribution in [3.63, 3.8) is 0 Å².